The van der Waals surface area contributed by atoms with Gasteiger partial charge in [-0.2, -0.15) is 0 Å². The fourth-order valence-corrected chi connectivity index (χ4v) is 2.46. The van der Waals surface area contributed by atoms with Gasteiger partial charge in [0.15, 0.2) is 11.5 Å². The van der Waals surface area contributed by atoms with E-state index in [1.165, 1.54) is 0 Å². The molecule has 1 aliphatic heterocycles. The molecule has 1 aromatic heterocycles. The van der Waals surface area contributed by atoms with Gasteiger partial charge >= 0.3 is 0 Å². The van der Waals surface area contributed by atoms with E-state index in [0.717, 1.165) is 31.0 Å². The molecule has 3 rings (SSSR count). The van der Waals surface area contributed by atoms with Crippen molar-refractivity contribution in [1.82, 2.24) is 14.5 Å². The lowest BCUT2D eigenvalue weighted by molar-refractivity contribution is 0.206. The lowest BCUT2D eigenvalue weighted by Gasteiger charge is -2.27. The van der Waals surface area contributed by atoms with Gasteiger partial charge in [-0.1, -0.05) is 12.1 Å². The van der Waals surface area contributed by atoms with Crippen molar-refractivity contribution in [3.8, 4) is 11.5 Å². The predicted octanol–water partition coefficient (Wildman–Crippen LogP) is 1.61. The quantitative estimate of drug-likeness (QED) is 0.910. The Kier molecular flexibility index (Phi) is 3.13. The number of imidazole rings is 1. The molecule has 2 heterocycles. The van der Waals surface area contributed by atoms with Crippen LogP contribution in [0.3, 0.4) is 0 Å². The van der Waals surface area contributed by atoms with Crippen molar-refractivity contribution < 1.29 is 9.84 Å². The van der Waals surface area contributed by atoms with Crippen molar-refractivity contribution in [3.63, 3.8) is 0 Å². The summed E-state index contributed by atoms with van der Waals surface area (Å²) in [7, 11) is 1.57. The van der Waals surface area contributed by atoms with Crippen LogP contribution in [0, 0.1) is 0 Å². The van der Waals surface area contributed by atoms with Crippen molar-refractivity contribution in [2.75, 3.05) is 13.7 Å². The van der Waals surface area contributed by atoms with E-state index in [9.17, 15) is 5.11 Å². The van der Waals surface area contributed by atoms with E-state index in [1.807, 2.05) is 24.5 Å². The Morgan fingerprint density at radius 3 is 3.11 bits per heavy atom. The standard InChI is InChI=1S/C14H17N3O2/c1-19-12-4-2-3-11(14(12)18)9-16-7-8-17-6-5-15-13(17)10-16/h2-6,18H,7-10H2,1H3. The number of aromatic nitrogens is 2. The van der Waals surface area contributed by atoms with Gasteiger partial charge in [0, 0.05) is 37.6 Å². The van der Waals surface area contributed by atoms with Gasteiger partial charge in [-0.15, -0.1) is 0 Å². The lowest BCUT2D eigenvalue weighted by Crippen LogP contribution is -2.33. The molecule has 0 saturated heterocycles. The summed E-state index contributed by atoms with van der Waals surface area (Å²) >= 11 is 0. The Morgan fingerprint density at radius 2 is 2.26 bits per heavy atom. The molecule has 5 heteroatoms. The highest BCUT2D eigenvalue weighted by atomic mass is 16.5. The van der Waals surface area contributed by atoms with E-state index in [1.54, 1.807) is 13.2 Å². The molecule has 0 saturated carbocycles. The number of hydrogen-bond acceptors (Lipinski definition) is 4. The number of fused-ring (bicyclic) bond motifs is 1. The van der Waals surface area contributed by atoms with E-state index in [2.05, 4.69) is 14.5 Å². The summed E-state index contributed by atoms with van der Waals surface area (Å²) in [5.74, 6) is 1.84. The molecule has 0 amide bonds. The zero-order valence-electron chi connectivity index (χ0n) is 10.9. The number of phenolic OH excluding ortho intramolecular Hbond substituents is 1. The monoisotopic (exact) mass is 259 g/mol. The lowest BCUT2D eigenvalue weighted by atomic mass is 10.1. The predicted molar refractivity (Wildman–Crippen MR) is 71.0 cm³/mol. The first-order chi connectivity index (χ1) is 9.28. The van der Waals surface area contributed by atoms with Crippen LogP contribution >= 0.6 is 0 Å². The molecule has 100 valence electrons. The topological polar surface area (TPSA) is 50.5 Å². The summed E-state index contributed by atoms with van der Waals surface area (Å²) in [4.78, 5) is 6.61. The van der Waals surface area contributed by atoms with E-state index in [4.69, 9.17) is 4.74 Å². The van der Waals surface area contributed by atoms with Crippen molar-refractivity contribution in [3.05, 3.63) is 42.0 Å². The molecular weight excluding hydrogens is 242 g/mol. The van der Waals surface area contributed by atoms with Crippen LogP contribution in [0.4, 0.5) is 0 Å². The normalized spacial score (nSPS) is 15.2. The van der Waals surface area contributed by atoms with Gasteiger partial charge in [-0.05, 0) is 6.07 Å². The van der Waals surface area contributed by atoms with Crippen LogP contribution in [-0.2, 0) is 19.6 Å². The number of rotatable bonds is 3. The average Bonchev–Trinajstić information content (AvgIpc) is 2.88. The molecule has 0 spiro atoms. The molecular formula is C14H17N3O2. The molecule has 0 atom stereocenters. The number of methoxy groups -OCH3 is 1. The van der Waals surface area contributed by atoms with Gasteiger partial charge < -0.3 is 14.4 Å². The molecule has 0 unspecified atom stereocenters. The summed E-state index contributed by atoms with van der Waals surface area (Å²) in [5, 5.41) is 10.1. The molecule has 19 heavy (non-hydrogen) atoms. The first-order valence-corrected chi connectivity index (χ1v) is 6.35. The highest BCUT2D eigenvalue weighted by molar-refractivity contribution is 5.45. The van der Waals surface area contributed by atoms with Gasteiger partial charge in [-0.3, -0.25) is 4.90 Å². The zero-order chi connectivity index (χ0) is 13.2. The van der Waals surface area contributed by atoms with E-state index in [-0.39, 0.29) is 5.75 Å². The number of ether oxygens (including phenoxy) is 1. The summed E-state index contributed by atoms with van der Waals surface area (Å²) < 4.78 is 7.30. The molecule has 0 fully saturated rings. The van der Waals surface area contributed by atoms with E-state index >= 15 is 0 Å². The van der Waals surface area contributed by atoms with Crippen molar-refractivity contribution in [2.24, 2.45) is 0 Å². The van der Waals surface area contributed by atoms with Gasteiger partial charge in [0.25, 0.3) is 0 Å². The van der Waals surface area contributed by atoms with Crippen molar-refractivity contribution in [1.29, 1.82) is 0 Å². The number of hydrogen-bond donors (Lipinski definition) is 1. The Labute approximate surface area is 112 Å². The van der Waals surface area contributed by atoms with Crippen LogP contribution in [-0.4, -0.2) is 33.2 Å². The second kappa shape index (κ2) is 4.93. The summed E-state index contributed by atoms with van der Waals surface area (Å²) in [6.07, 6.45) is 3.84. The second-order valence-electron chi connectivity index (χ2n) is 4.72. The minimum Gasteiger partial charge on any atom is -0.504 e. The SMILES string of the molecule is COc1cccc(CN2CCn3ccnc3C2)c1O. The van der Waals surface area contributed by atoms with E-state index < -0.39 is 0 Å². The zero-order valence-corrected chi connectivity index (χ0v) is 10.9. The van der Waals surface area contributed by atoms with Gasteiger partial charge in [-0.25, -0.2) is 4.98 Å². The highest BCUT2D eigenvalue weighted by Crippen LogP contribution is 2.30. The van der Waals surface area contributed by atoms with Gasteiger partial charge in [0.2, 0.25) is 0 Å². The maximum atomic E-state index is 10.1. The molecule has 1 aliphatic rings. The van der Waals surface area contributed by atoms with Crippen LogP contribution in [0.1, 0.15) is 11.4 Å². The fraction of sp³-hybridized carbons (Fsp3) is 0.357. The molecule has 1 N–H and O–H groups in total. The number of nitrogens with zero attached hydrogens (tertiary/aromatic N) is 3. The largest absolute Gasteiger partial charge is 0.504 e. The molecule has 0 bridgehead atoms. The molecule has 1 aromatic carbocycles. The Bertz CT molecular complexity index is 580. The average molecular weight is 259 g/mol. The Morgan fingerprint density at radius 1 is 1.37 bits per heavy atom. The number of phenols is 1. The Balaban J connectivity index is 1.76. The first-order valence-electron chi connectivity index (χ1n) is 6.35. The van der Waals surface area contributed by atoms with Crippen LogP contribution in [0.15, 0.2) is 30.6 Å². The van der Waals surface area contributed by atoms with Crippen molar-refractivity contribution >= 4 is 0 Å². The first kappa shape index (κ1) is 12.0. The van der Waals surface area contributed by atoms with Crippen LogP contribution in [0.5, 0.6) is 11.5 Å². The minimum absolute atomic E-state index is 0.235. The van der Waals surface area contributed by atoms with E-state index in [0.29, 0.717) is 12.3 Å². The smallest absolute Gasteiger partial charge is 0.162 e. The third kappa shape index (κ3) is 2.29. The number of benzene rings is 1. The number of para-hydroxylation sites is 1. The fourth-order valence-electron chi connectivity index (χ4n) is 2.46. The van der Waals surface area contributed by atoms with Gasteiger partial charge in [0.1, 0.15) is 5.82 Å². The minimum atomic E-state index is 0.235. The molecule has 5 nitrogen and oxygen atoms in total. The molecule has 2 aromatic rings. The second-order valence-corrected chi connectivity index (χ2v) is 4.72. The van der Waals surface area contributed by atoms with Crippen LogP contribution in [0.2, 0.25) is 0 Å². The maximum absolute atomic E-state index is 10.1. The summed E-state index contributed by atoms with van der Waals surface area (Å²) in [6.45, 7) is 3.42. The van der Waals surface area contributed by atoms with Crippen molar-refractivity contribution in [2.45, 2.75) is 19.6 Å². The van der Waals surface area contributed by atoms with Gasteiger partial charge in [0.05, 0.1) is 13.7 Å². The van der Waals surface area contributed by atoms with Crippen LogP contribution in [0.25, 0.3) is 0 Å². The number of aromatic hydroxyl groups is 1. The maximum Gasteiger partial charge on any atom is 0.162 e. The summed E-state index contributed by atoms with van der Waals surface area (Å²) in [5.41, 5.74) is 0.888. The third-order valence-electron chi connectivity index (χ3n) is 3.52. The molecule has 0 radical (unpaired) electrons. The molecule has 0 aliphatic carbocycles. The van der Waals surface area contributed by atoms with Crippen LogP contribution < -0.4 is 4.74 Å². The highest BCUT2D eigenvalue weighted by Gasteiger charge is 2.18. The summed E-state index contributed by atoms with van der Waals surface area (Å²) in [6, 6.07) is 5.60. The Hall–Kier alpha value is -2.01. The third-order valence-corrected chi connectivity index (χ3v) is 3.52.